The van der Waals surface area contributed by atoms with Crippen LogP contribution >= 0.6 is 0 Å². The van der Waals surface area contributed by atoms with Gasteiger partial charge in [-0.2, -0.15) is 0 Å². The van der Waals surface area contributed by atoms with Gasteiger partial charge in [-0.3, -0.25) is 0 Å². The number of benzene rings is 11. The topological polar surface area (TPSA) is 9.86 Å². The molecule has 2 aromatic heterocycles. The first-order chi connectivity index (χ1) is 31.6. The van der Waals surface area contributed by atoms with Crippen LogP contribution in [0.1, 0.15) is 52.7 Å². The van der Waals surface area contributed by atoms with Crippen LogP contribution in [0, 0.1) is 0 Å². The second-order valence-corrected chi connectivity index (χ2v) is 21.2. The van der Waals surface area contributed by atoms with E-state index in [9.17, 15) is 0 Å². The monoisotopic (exact) mass is 828 g/mol. The Bertz CT molecular complexity index is 4340. The molecule has 2 aliphatic heterocycles. The highest BCUT2D eigenvalue weighted by Gasteiger charge is 2.42. The minimum atomic E-state index is -0.0700. The Morgan fingerprint density at radius 2 is 0.815 bits per heavy atom. The molecule has 0 saturated carbocycles. The van der Waals surface area contributed by atoms with E-state index in [1.165, 1.54) is 147 Å². The van der Waals surface area contributed by atoms with Gasteiger partial charge in [-0.1, -0.05) is 175 Å². The maximum Gasteiger partial charge on any atom is 0.252 e. The fourth-order valence-electron chi connectivity index (χ4n) is 12.8. The summed E-state index contributed by atoms with van der Waals surface area (Å²) in [6.07, 6.45) is 0. The maximum absolute atomic E-state index is 2.70. The number of hydrogen-bond acceptors (Lipinski definition) is 0. The Morgan fingerprint density at radius 1 is 0.323 bits per heavy atom. The Morgan fingerprint density at radius 3 is 1.43 bits per heavy atom. The molecule has 13 aromatic rings. The predicted molar refractivity (Wildman–Crippen MR) is 282 cm³/mol. The highest BCUT2D eigenvalue weighted by Crippen LogP contribution is 2.48. The van der Waals surface area contributed by atoms with Crippen molar-refractivity contribution in [2.75, 3.05) is 0 Å². The van der Waals surface area contributed by atoms with E-state index in [0.717, 1.165) is 0 Å². The molecule has 0 radical (unpaired) electrons. The lowest BCUT2D eigenvalue weighted by molar-refractivity contribution is 0.591. The van der Waals surface area contributed by atoms with Crippen LogP contribution in [0.15, 0.2) is 164 Å². The van der Waals surface area contributed by atoms with Gasteiger partial charge in [-0.25, -0.2) is 0 Å². The van der Waals surface area contributed by atoms with Gasteiger partial charge < -0.3 is 9.13 Å². The summed E-state index contributed by atoms with van der Waals surface area (Å²) < 4.78 is 5.36. The van der Waals surface area contributed by atoms with Gasteiger partial charge >= 0.3 is 0 Å². The molecule has 0 fully saturated rings. The Balaban J connectivity index is 1.21. The maximum atomic E-state index is 2.70. The molecule has 15 rings (SSSR count). The summed E-state index contributed by atoms with van der Waals surface area (Å²) in [6.45, 7) is 14.2. The number of aromatic nitrogens is 2. The molecule has 0 N–H and O–H groups in total. The van der Waals surface area contributed by atoms with E-state index in [2.05, 4.69) is 214 Å². The summed E-state index contributed by atoms with van der Waals surface area (Å²) in [5.74, 6) is 0. The van der Waals surface area contributed by atoms with Gasteiger partial charge in [0.2, 0.25) is 0 Å². The number of rotatable bonds is 0. The third-order valence-corrected chi connectivity index (χ3v) is 15.7. The average molecular weight is 829 g/mol. The van der Waals surface area contributed by atoms with Crippen LogP contribution in [0.5, 0.6) is 0 Å². The SMILES string of the molecule is CC(C)(C)c1ccc2c(c1)c1c3c4ccccc4c4ccccc4c3cc3c1n2-c1cccc2c1B3c1cc(C(C)(C)C)cc3c4ccc5c6ccccc6c6ccccc6c5c4n-2c13. The van der Waals surface area contributed by atoms with Gasteiger partial charge in [0.25, 0.3) is 6.71 Å². The van der Waals surface area contributed by atoms with Crippen molar-refractivity contribution in [3.8, 4) is 11.4 Å². The van der Waals surface area contributed by atoms with Gasteiger partial charge in [0, 0.05) is 49.2 Å². The first-order valence-corrected chi connectivity index (χ1v) is 23.4. The number of fused-ring (bicyclic) bond motifs is 24. The normalized spacial score (nSPS) is 13.7. The molecule has 11 aromatic carbocycles. The molecule has 0 bridgehead atoms. The first kappa shape index (κ1) is 36.0. The summed E-state index contributed by atoms with van der Waals surface area (Å²) >= 11 is 0. The largest absolute Gasteiger partial charge is 0.310 e. The van der Waals surface area contributed by atoms with Crippen LogP contribution in [0.3, 0.4) is 0 Å². The van der Waals surface area contributed by atoms with Gasteiger partial charge in [-0.05, 0) is 123 Å². The van der Waals surface area contributed by atoms with Crippen LogP contribution in [0.4, 0.5) is 0 Å². The standard InChI is InChI=1S/C62H45BN2/c1-61(2,3)34-26-29-51-48(30-34)56-54-42-22-13-11-18-38(42)37-17-8-10-21-41(37)46(54)33-50-60(56)64(51)52-24-15-25-53-57(52)63(50)49-32-35(62(4,5)6)31-47-45-28-27-44-40-20-9-7-16-36(40)39-19-12-14-23-43(39)55(44)59(45)65(53)58(47)49/h7-33H,1-6H3. The van der Waals surface area contributed by atoms with Gasteiger partial charge in [0.1, 0.15) is 0 Å². The van der Waals surface area contributed by atoms with Crippen molar-refractivity contribution in [3.05, 3.63) is 175 Å². The molecule has 306 valence electrons. The lowest BCUT2D eigenvalue weighted by Gasteiger charge is -2.35. The molecule has 4 heterocycles. The van der Waals surface area contributed by atoms with Crippen molar-refractivity contribution in [3.63, 3.8) is 0 Å². The zero-order valence-electron chi connectivity index (χ0n) is 37.6. The lowest BCUT2D eigenvalue weighted by Crippen LogP contribution is -2.59. The zero-order valence-corrected chi connectivity index (χ0v) is 37.6. The van der Waals surface area contributed by atoms with Crippen LogP contribution in [0.25, 0.3) is 120 Å². The third kappa shape index (κ3) is 4.37. The molecular formula is C62H45BN2. The molecule has 3 heteroatoms. The van der Waals surface area contributed by atoms with Crippen LogP contribution in [-0.4, -0.2) is 15.8 Å². The smallest absolute Gasteiger partial charge is 0.252 e. The van der Waals surface area contributed by atoms with Gasteiger partial charge in [0.15, 0.2) is 0 Å². The van der Waals surface area contributed by atoms with Crippen molar-refractivity contribution >= 4 is 131 Å². The van der Waals surface area contributed by atoms with E-state index < -0.39 is 0 Å². The van der Waals surface area contributed by atoms with Crippen LogP contribution in [0.2, 0.25) is 0 Å². The molecule has 0 aliphatic carbocycles. The van der Waals surface area contributed by atoms with Crippen molar-refractivity contribution in [2.45, 2.75) is 52.4 Å². The van der Waals surface area contributed by atoms with Crippen LogP contribution in [-0.2, 0) is 10.8 Å². The first-order valence-electron chi connectivity index (χ1n) is 23.4. The summed E-state index contributed by atoms with van der Waals surface area (Å²) in [4.78, 5) is 0. The van der Waals surface area contributed by atoms with Crippen molar-refractivity contribution < 1.29 is 0 Å². The van der Waals surface area contributed by atoms with Gasteiger partial charge in [-0.15, -0.1) is 0 Å². The summed E-state index contributed by atoms with van der Waals surface area (Å²) in [6, 6.07) is 63.5. The van der Waals surface area contributed by atoms with Crippen molar-refractivity contribution in [1.82, 2.24) is 9.13 Å². The van der Waals surface area contributed by atoms with E-state index >= 15 is 0 Å². The van der Waals surface area contributed by atoms with Gasteiger partial charge in [0.05, 0.1) is 16.6 Å². The zero-order chi connectivity index (χ0) is 43.4. The Hall–Kier alpha value is -7.36. The summed E-state index contributed by atoms with van der Waals surface area (Å²) in [5.41, 5.74) is 14.7. The third-order valence-electron chi connectivity index (χ3n) is 15.7. The minimum absolute atomic E-state index is 0.0106. The lowest BCUT2D eigenvalue weighted by atomic mass is 9.34. The molecule has 0 unspecified atom stereocenters. The molecule has 2 nitrogen and oxygen atoms in total. The van der Waals surface area contributed by atoms with Crippen molar-refractivity contribution in [1.29, 1.82) is 0 Å². The Kier molecular flexibility index (Phi) is 6.57. The van der Waals surface area contributed by atoms with E-state index in [0.29, 0.717) is 0 Å². The molecule has 0 spiro atoms. The molecule has 0 saturated heterocycles. The number of hydrogen-bond donors (Lipinski definition) is 0. The molecule has 65 heavy (non-hydrogen) atoms. The van der Waals surface area contributed by atoms with Crippen LogP contribution < -0.4 is 16.4 Å². The molecular weight excluding hydrogens is 784 g/mol. The van der Waals surface area contributed by atoms with Crippen molar-refractivity contribution in [2.24, 2.45) is 0 Å². The molecule has 0 atom stereocenters. The van der Waals surface area contributed by atoms with E-state index in [4.69, 9.17) is 0 Å². The van der Waals surface area contributed by atoms with E-state index in [1.54, 1.807) is 0 Å². The second kappa shape index (κ2) is 11.9. The fourth-order valence-corrected chi connectivity index (χ4v) is 12.8. The summed E-state index contributed by atoms with van der Waals surface area (Å²) in [5, 5.41) is 21.2. The Labute approximate surface area is 377 Å². The average Bonchev–Trinajstić information content (AvgIpc) is 3.85. The second-order valence-electron chi connectivity index (χ2n) is 21.2. The fraction of sp³-hybridized carbons (Fsp3) is 0.129. The van der Waals surface area contributed by atoms with E-state index in [1.807, 2.05) is 0 Å². The van der Waals surface area contributed by atoms with E-state index in [-0.39, 0.29) is 17.5 Å². The minimum Gasteiger partial charge on any atom is -0.310 e. The highest BCUT2D eigenvalue weighted by atomic mass is 15.0. The number of nitrogens with zero attached hydrogens (tertiary/aromatic N) is 2. The molecule has 2 aliphatic rings. The summed E-state index contributed by atoms with van der Waals surface area (Å²) in [7, 11) is 0. The molecule has 0 amide bonds. The quantitative estimate of drug-likeness (QED) is 0.106. The predicted octanol–water partition coefficient (Wildman–Crippen LogP) is 14.5. The highest BCUT2D eigenvalue weighted by molar-refractivity contribution is 7.00.